The van der Waals surface area contributed by atoms with Crippen LogP contribution in [0.25, 0.3) is 10.4 Å². The molecule has 1 saturated heterocycles. The molecule has 0 unspecified atom stereocenters. The number of carbonyl (C=O) groups is 3. The molecule has 1 aromatic carbocycles. The van der Waals surface area contributed by atoms with E-state index in [1.54, 1.807) is 0 Å². The normalized spacial score (nSPS) is 15.3. The summed E-state index contributed by atoms with van der Waals surface area (Å²) in [6.07, 6.45) is -1.25. The van der Waals surface area contributed by atoms with Gasteiger partial charge in [0.2, 0.25) is 0 Å². The number of carbonyl (C=O) groups excluding carboxylic acids is 3. The predicted octanol–water partition coefficient (Wildman–Crippen LogP) is 1.20. The molecule has 36 heavy (non-hydrogen) atoms. The summed E-state index contributed by atoms with van der Waals surface area (Å²) in [5.41, 5.74) is 8.29. The molecule has 0 radical (unpaired) electrons. The number of imide groups is 1. The molecule has 0 spiro atoms. The molecular formula is C16H18N6O12S2. The predicted molar refractivity (Wildman–Crippen MR) is 117 cm³/mol. The monoisotopic (exact) mass is 550 g/mol. The zero-order chi connectivity index (χ0) is 27.3. The average molecular weight is 550 g/mol. The Labute approximate surface area is 202 Å². The molecule has 0 aliphatic carbocycles. The lowest BCUT2D eigenvalue weighted by molar-refractivity contribution is -0.383. The summed E-state index contributed by atoms with van der Waals surface area (Å²) in [5.74, 6) is -4.97. The third kappa shape index (κ3) is 5.86. The first-order valence-electron chi connectivity index (χ1n) is 9.75. The van der Waals surface area contributed by atoms with Crippen molar-refractivity contribution in [2.45, 2.75) is 36.2 Å². The fourth-order valence-corrected chi connectivity index (χ4v) is 5.40. The maximum absolute atomic E-state index is 12.2. The van der Waals surface area contributed by atoms with Crippen LogP contribution in [0, 0.1) is 10.1 Å². The van der Waals surface area contributed by atoms with Crippen LogP contribution in [0.5, 0.6) is 0 Å². The number of nitrogens with one attached hydrogen (secondary N) is 1. The Morgan fingerprint density at radius 1 is 1.22 bits per heavy atom. The third-order valence-corrected chi connectivity index (χ3v) is 8.43. The summed E-state index contributed by atoms with van der Waals surface area (Å²) in [4.78, 5) is 53.6. The van der Waals surface area contributed by atoms with Crippen molar-refractivity contribution in [3.8, 4) is 0 Å². The van der Waals surface area contributed by atoms with Gasteiger partial charge in [-0.2, -0.15) is 16.8 Å². The molecule has 0 atom stereocenters. The van der Waals surface area contributed by atoms with E-state index in [0.717, 1.165) is 6.07 Å². The Morgan fingerprint density at radius 3 is 2.39 bits per heavy atom. The fourth-order valence-electron chi connectivity index (χ4n) is 3.12. The Hall–Kier alpha value is -3.84. The van der Waals surface area contributed by atoms with Crippen molar-refractivity contribution in [1.29, 1.82) is 0 Å². The highest BCUT2D eigenvalue weighted by atomic mass is 32.3. The maximum Gasteiger partial charge on any atom is 0.333 e. The van der Waals surface area contributed by atoms with E-state index in [2.05, 4.69) is 20.2 Å². The van der Waals surface area contributed by atoms with Crippen LogP contribution < -0.4 is 5.32 Å². The maximum atomic E-state index is 12.2. The minimum absolute atomic E-state index is 0.0497. The summed E-state index contributed by atoms with van der Waals surface area (Å²) in [6.45, 7) is 0.227. The summed E-state index contributed by atoms with van der Waals surface area (Å²) in [5, 5.41) is 16.8. The van der Waals surface area contributed by atoms with Gasteiger partial charge in [-0.3, -0.25) is 28.8 Å². The first-order chi connectivity index (χ1) is 16.7. The van der Waals surface area contributed by atoms with E-state index < -0.39 is 64.9 Å². The highest BCUT2D eigenvalue weighted by molar-refractivity contribution is 8.06. The van der Waals surface area contributed by atoms with Gasteiger partial charge in [0, 0.05) is 29.6 Å². The van der Waals surface area contributed by atoms with Gasteiger partial charge in [-0.15, -0.1) is 0 Å². The first kappa shape index (κ1) is 28.4. The highest BCUT2D eigenvalue weighted by Gasteiger charge is 2.70. The summed E-state index contributed by atoms with van der Waals surface area (Å²) in [6, 6.07) is 3.80. The molecule has 1 aromatic rings. The minimum atomic E-state index is -5.85. The second-order valence-corrected chi connectivity index (χ2v) is 10.8. The van der Waals surface area contributed by atoms with Crippen LogP contribution in [0.1, 0.15) is 32.1 Å². The Kier molecular flexibility index (Phi) is 8.54. The van der Waals surface area contributed by atoms with Crippen molar-refractivity contribution in [2.75, 3.05) is 11.9 Å². The molecule has 196 valence electrons. The molecule has 0 saturated carbocycles. The zero-order valence-electron chi connectivity index (χ0n) is 18.0. The van der Waals surface area contributed by atoms with Gasteiger partial charge in [0.05, 0.1) is 11.3 Å². The van der Waals surface area contributed by atoms with Gasteiger partial charge in [0.15, 0.2) is 0 Å². The SMILES string of the molecule is [N-]=[N+]=Nc1ccc(NCCCCCC(=O)ON2C(=O)CC(S(=O)(=O)O)(S(=O)(=O)O)C2=O)c([N+](=O)[O-])c1. The first-order valence-corrected chi connectivity index (χ1v) is 12.6. The van der Waals surface area contributed by atoms with E-state index in [4.69, 9.17) is 14.6 Å². The van der Waals surface area contributed by atoms with Crippen LogP contribution in [0.4, 0.5) is 17.1 Å². The molecule has 1 aliphatic rings. The number of hydroxylamine groups is 2. The molecule has 20 heteroatoms. The number of unbranched alkanes of at least 4 members (excludes halogenated alkanes) is 2. The molecule has 18 nitrogen and oxygen atoms in total. The summed E-state index contributed by atoms with van der Waals surface area (Å²) < 4.78 is 60.3. The minimum Gasteiger partial charge on any atom is -0.379 e. The molecule has 2 amide bonds. The van der Waals surface area contributed by atoms with Gasteiger partial charge in [0.1, 0.15) is 5.69 Å². The lowest BCUT2D eigenvalue weighted by Gasteiger charge is -2.19. The van der Waals surface area contributed by atoms with Crippen molar-refractivity contribution in [3.63, 3.8) is 0 Å². The third-order valence-electron chi connectivity index (χ3n) is 4.86. The lowest BCUT2D eigenvalue weighted by atomic mass is 10.2. The Morgan fingerprint density at radius 2 is 1.86 bits per heavy atom. The number of rotatable bonds is 12. The van der Waals surface area contributed by atoms with Crippen LogP contribution in [0.3, 0.4) is 0 Å². The Bertz CT molecular complexity index is 1320. The van der Waals surface area contributed by atoms with Crippen molar-refractivity contribution < 1.29 is 50.1 Å². The molecule has 0 bridgehead atoms. The van der Waals surface area contributed by atoms with Crippen molar-refractivity contribution in [2.24, 2.45) is 5.11 Å². The molecule has 3 N–H and O–H groups in total. The number of benzene rings is 1. The Balaban J connectivity index is 1.88. The lowest BCUT2D eigenvalue weighted by Crippen LogP contribution is -2.52. The van der Waals surface area contributed by atoms with Crippen LogP contribution in [-0.4, -0.2) is 64.3 Å². The van der Waals surface area contributed by atoms with Crippen LogP contribution in [0.15, 0.2) is 23.3 Å². The second kappa shape index (κ2) is 10.8. The molecule has 0 aromatic heterocycles. The number of nitro benzene ring substituents is 1. The summed E-state index contributed by atoms with van der Waals surface area (Å²) in [7, 11) is -11.7. The van der Waals surface area contributed by atoms with Crippen molar-refractivity contribution >= 4 is 55.1 Å². The van der Waals surface area contributed by atoms with Gasteiger partial charge in [-0.25, -0.2) is 4.79 Å². The number of nitro groups is 1. The van der Waals surface area contributed by atoms with Crippen LogP contribution in [0.2, 0.25) is 0 Å². The molecule has 1 fully saturated rings. The summed E-state index contributed by atoms with van der Waals surface area (Å²) >= 11 is 0. The van der Waals surface area contributed by atoms with E-state index in [9.17, 15) is 41.3 Å². The molecule has 1 aliphatic heterocycles. The van der Waals surface area contributed by atoms with Crippen LogP contribution >= 0.6 is 0 Å². The number of anilines is 1. The zero-order valence-corrected chi connectivity index (χ0v) is 19.6. The van der Waals surface area contributed by atoms with Gasteiger partial charge in [-0.05, 0) is 24.4 Å². The van der Waals surface area contributed by atoms with E-state index in [-0.39, 0.29) is 30.0 Å². The highest BCUT2D eigenvalue weighted by Crippen LogP contribution is 2.36. The van der Waals surface area contributed by atoms with Gasteiger partial charge in [-0.1, -0.05) is 22.7 Å². The topological polar surface area (TPSA) is 276 Å². The largest absolute Gasteiger partial charge is 0.379 e. The van der Waals surface area contributed by atoms with E-state index in [1.807, 2.05) is 0 Å². The van der Waals surface area contributed by atoms with Crippen molar-refractivity contribution in [3.05, 3.63) is 38.8 Å². The number of hydrogen-bond acceptors (Lipinski definition) is 12. The van der Waals surface area contributed by atoms with Crippen LogP contribution in [-0.2, 0) is 39.5 Å². The smallest absolute Gasteiger partial charge is 0.333 e. The quantitative estimate of drug-likeness (QED) is 0.0482. The number of azide groups is 1. The van der Waals surface area contributed by atoms with Crippen molar-refractivity contribution in [1.82, 2.24) is 5.06 Å². The van der Waals surface area contributed by atoms with E-state index >= 15 is 0 Å². The van der Waals surface area contributed by atoms with E-state index in [1.165, 1.54) is 12.1 Å². The fraction of sp³-hybridized carbons (Fsp3) is 0.438. The second-order valence-electron chi connectivity index (χ2n) is 7.22. The molecule has 1 heterocycles. The molecular weight excluding hydrogens is 532 g/mol. The van der Waals surface area contributed by atoms with Gasteiger partial charge >= 0.3 is 16.0 Å². The standard InChI is InChI=1S/C16H18N6O12S2/c17-20-19-10-5-6-11(12(8-10)22(26)27)18-7-3-1-2-4-14(24)34-21-13(23)9-16(15(21)25,35(28,29)30)36(31,32)33/h5-6,8,18H,1-4,7,9H2,(H,28,29,30)(H,31,32,33). The van der Waals surface area contributed by atoms with Gasteiger partial charge < -0.3 is 10.2 Å². The number of hydrogen-bond donors (Lipinski definition) is 3. The van der Waals surface area contributed by atoms with E-state index in [0.29, 0.717) is 12.8 Å². The van der Waals surface area contributed by atoms with Gasteiger partial charge in [0.25, 0.3) is 31.8 Å². The number of nitrogens with zero attached hydrogens (tertiary/aromatic N) is 5. The average Bonchev–Trinajstić information content (AvgIpc) is 3.02. The molecule has 2 rings (SSSR count). The number of amides is 2.